The quantitative estimate of drug-likeness (QED) is 0.480. The molecule has 4 nitrogen and oxygen atoms in total. The van der Waals surface area contributed by atoms with Crippen molar-refractivity contribution in [2.75, 3.05) is 26.4 Å². The summed E-state index contributed by atoms with van der Waals surface area (Å²) in [6, 6.07) is 9.20. The van der Waals surface area contributed by atoms with Gasteiger partial charge in [-0.1, -0.05) is 27.7 Å². The largest absolute Gasteiger partial charge is 0.490 e. The molecule has 2 unspecified atom stereocenters. The van der Waals surface area contributed by atoms with Crippen LogP contribution in [0.15, 0.2) is 24.3 Å². The molecule has 2 aromatic carbocycles. The van der Waals surface area contributed by atoms with Gasteiger partial charge in [-0.25, -0.2) is 0 Å². The summed E-state index contributed by atoms with van der Waals surface area (Å²) in [7, 11) is 0. The normalized spacial score (nSPS) is 19.6. The lowest BCUT2D eigenvalue weighted by Crippen LogP contribution is -2.09. The van der Waals surface area contributed by atoms with Gasteiger partial charge in [0.05, 0.1) is 13.2 Å². The Balaban J connectivity index is 1.69. The Morgan fingerprint density at radius 2 is 0.933 bits per heavy atom. The molecule has 30 heavy (non-hydrogen) atoms. The molecule has 0 bridgehead atoms. The van der Waals surface area contributed by atoms with Crippen LogP contribution in [0.4, 0.5) is 0 Å². The van der Waals surface area contributed by atoms with E-state index in [2.05, 4.69) is 52.0 Å². The first-order valence-electron chi connectivity index (χ1n) is 11.5. The second-order valence-corrected chi connectivity index (χ2v) is 8.19. The minimum absolute atomic E-state index is 0.270. The number of hydrogen-bond acceptors (Lipinski definition) is 4. The van der Waals surface area contributed by atoms with Crippen LogP contribution in [0.5, 0.6) is 11.5 Å². The van der Waals surface area contributed by atoms with Gasteiger partial charge in [0.25, 0.3) is 0 Å². The van der Waals surface area contributed by atoms with Crippen LogP contribution in [0.1, 0.15) is 49.9 Å². The molecule has 2 heterocycles. The van der Waals surface area contributed by atoms with Crippen molar-refractivity contribution < 1.29 is 18.9 Å². The summed E-state index contributed by atoms with van der Waals surface area (Å²) in [5.74, 6) is 2.10. The van der Waals surface area contributed by atoms with Gasteiger partial charge in [-0.05, 0) is 83.3 Å². The van der Waals surface area contributed by atoms with E-state index in [1.54, 1.807) is 0 Å². The second kappa shape index (κ2) is 9.40. The number of aryl methyl sites for hydroxylation is 4. The van der Waals surface area contributed by atoms with Gasteiger partial charge < -0.3 is 18.9 Å². The average molecular weight is 411 g/mol. The average Bonchev–Trinajstić information content (AvgIpc) is 3.70. The molecule has 4 heteroatoms. The van der Waals surface area contributed by atoms with Crippen LogP contribution < -0.4 is 9.47 Å². The highest BCUT2D eigenvalue weighted by Crippen LogP contribution is 2.36. The molecule has 0 amide bonds. The number of ether oxygens (including phenoxy) is 4. The summed E-state index contributed by atoms with van der Waals surface area (Å²) in [5, 5.41) is 0. The zero-order valence-corrected chi connectivity index (χ0v) is 18.8. The van der Waals surface area contributed by atoms with E-state index >= 15 is 0 Å². The molecule has 2 saturated heterocycles. The van der Waals surface area contributed by atoms with E-state index in [0.29, 0.717) is 13.2 Å². The first-order chi connectivity index (χ1) is 14.7. The highest BCUT2D eigenvalue weighted by atomic mass is 16.6. The van der Waals surface area contributed by atoms with Crippen molar-refractivity contribution in [1.82, 2.24) is 0 Å². The zero-order valence-electron chi connectivity index (χ0n) is 18.8. The van der Waals surface area contributed by atoms with Crippen LogP contribution in [0.25, 0.3) is 11.1 Å². The molecule has 0 N–H and O–H groups in total. The van der Waals surface area contributed by atoms with E-state index in [0.717, 1.165) is 50.4 Å². The Labute approximate surface area is 180 Å². The smallest absolute Gasteiger partial charge is 0.125 e. The van der Waals surface area contributed by atoms with Crippen molar-refractivity contribution in [1.29, 1.82) is 0 Å². The van der Waals surface area contributed by atoms with Crippen LogP contribution in [-0.2, 0) is 35.2 Å². The van der Waals surface area contributed by atoms with Gasteiger partial charge in [-0.3, -0.25) is 0 Å². The van der Waals surface area contributed by atoms with Gasteiger partial charge in [-0.2, -0.15) is 0 Å². The van der Waals surface area contributed by atoms with Crippen LogP contribution in [0.2, 0.25) is 0 Å². The van der Waals surface area contributed by atoms with E-state index in [-0.39, 0.29) is 12.2 Å². The summed E-state index contributed by atoms with van der Waals surface area (Å²) < 4.78 is 23.0. The molecule has 2 fully saturated rings. The number of hydrogen-bond donors (Lipinski definition) is 0. The molecule has 2 aliphatic rings. The maximum Gasteiger partial charge on any atom is 0.125 e. The first-order valence-corrected chi connectivity index (χ1v) is 11.5. The standard InChI is InChI=1S/C26H34O4/c1-5-17-9-21(10-18(6-2)25(17)29-15-23-13-27-23)22-11-19(7-3)26(20(8-4)12-22)30-16-24-14-28-24/h9-12,23-24H,5-8,13-16H2,1-4H3. The van der Waals surface area contributed by atoms with Crippen LogP contribution in [-0.4, -0.2) is 38.6 Å². The van der Waals surface area contributed by atoms with Gasteiger partial charge >= 0.3 is 0 Å². The molecule has 4 rings (SSSR count). The highest BCUT2D eigenvalue weighted by molar-refractivity contribution is 5.71. The zero-order chi connectivity index (χ0) is 21.1. The fourth-order valence-corrected chi connectivity index (χ4v) is 3.94. The molecular formula is C26H34O4. The lowest BCUT2D eigenvalue weighted by atomic mass is 9.92. The van der Waals surface area contributed by atoms with E-state index in [9.17, 15) is 0 Å². The lowest BCUT2D eigenvalue weighted by Gasteiger charge is -2.19. The van der Waals surface area contributed by atoms with Crippen molar-refractivity contribution in [3.8, 4) is 22.6 Å². The third-order valence-electron chi connectivity index (χ3n) is 5.97. The lowest BCUT2D eigenvalue weighted by molar-refractivity contribution is 0.259. The molecule has 2 atom stereocenters. The minimum atomic E-state index is 0.270. The maximum absolute atomic E-state index is 6.18. The Hall–Kier alpha value is -2.04. The summed E-state index contributed by atoms with van der Waals surface area (Å²) in [5.41, 5.74) is 7.61. The van der Waals surface area contributed by atoms with Crippen molar-refractivity contribution in [3.63, 3.8) is 0 Å². The van der Waals surface area contributed by atoms with Gasteiger partial charge in [0.15, 0.2) is 0 Å². The van der Waals surface area contributed by atoms with Crippen LogP contribution in [0.3, 0.4) is 0 Å². The molecular weight excluding hydrogens is 376 g/mol. The topological polar surface area (TPSA) is 43.5 Å². The van der Waals surface area contributed by atoms with Crippen LogP contribution in [0, 0.1) is 0 Å². The van der Waals surface area contributed by atoms with Gasteiger partial charge in [0.2, 0.25) is 0 Å². The van der Waals surface area contributed by atoms with Crippen molar-refractivity contribution >= 4 is 0 Å². The summed E-state index contributed by atoms with van der Waals surface area (Å²) in [6.07, 6.45) is 4.34. The third-order valence-corrected chi connectivity index (χ3v) is 5.97. The van der Waals surface area contributed by atoms with Gasteiger partial charge in [0, 0.05) is 0 Å². The van der Waals surface area contributed by atoms with Crippen molar-refractivity contribution in [2.45, 2.75) is 65.6 Å². The second-order valence-electron chi connectivity index (χ2n) is 8.19. The Morgan fingerprint density at radius 1 is 0.633 bits per heavy atom. The first kappa shape index (κ1) is 21.2. The molecule has 2 aliphatic heterocycles. The Kier molecular flexibility index (Phi) is 6.64. The van der Waals surface area contributed by atoms with E-state index in [1.807, 2.05) is 0 Å². The number of rotatable bonds is 11. The maximum atomic E-state index is 6.18. The molecule has 0 saturated carbocycles. The van der Waals surface area contributed by atoms with Crippen molar-refractivity contribution in [2.24, 2.45) is 0 Å². The fraction of sp³-hybridized carbons (Fsp3) is 0.538. The monoisotopic (exact) mass is 410 g/mol. The SMILES string of the molecule is CCc1cc(-c2cc(CC)c(OCC3CO3)c(CC)c2)cc(CC)c1OCC1CO1. The number of epoxide rings is 2. The third kappa shape index (κ3) is 4.81. The predicted octanol–water partition coefficient (Wildman–Crippen LogP) is 5.16. The molecule has 2 aromatic rings. The Bertz CT molecular complexity index is 757. The van der Waals surface area contributed by atoms with Gasteiger partial charge in [-0.15, -0.1) is 0 Å². The van der Waals surface area contributed by atoms with E-state index in [4.69, 9.17) is 18.9 Å². The molecule has 0 spiro atoms. The molecule has 0 aromatic heterocycles. The number of benzene rings is 2. The fourth-order valence-electron chi connectivity index (χ4n) is 3.94. The minimum Gasteiger partial charge on any atom is -0.490 e. The summed E-state index contributed by atoms with van der Waals surface area (Å²) >= 11 is 0. The van der Waals surface area contributed by atoms with Gasteiger partial charge in [0.1, 0.15) is 36.9 Å². The summed E-state index contributed by atoms with van der Waals surface area (Å²) in [4.78, 5) is 0. The van der Waals surface area contributed by atoms with Crippen molar-refractivity contribution in [3.05, 3.63) is 46.5 Å². The van der Waals surface area contributed by atoms with Crippen LogP contribution >= 0.6 is 0 Å². The summed E-state index contributed by atoms with van der Waals surface area (Å²) in [6.45, 7) is 11.7. The predicted molar refractivity (Wildman–Crippen MR) is 120 cm³/mol. The van der Waals surface area contributed by atoms with E-state index < -0.39 is 0 Å². The molecule has 0 radical (unpaired) electrons. The molecule has 0 aliphatic carbocycles. The molecule has 162 valence electrons. The highest BCUT2D eigenvalue weighted by Gasteiger charge is 2.25. The van der Waals surface area contributed by atoms with E-state index in [1.165, 1.54) is 33.4 Å². The Morgan fingerprint density at radius 3 is 1.17 bits per heavy atom.